The van der Waals surface area contributed by atoms with Gasteiger partial charge in [0, 0.05) is 79.7 Å². The summed E-state index contributed by atoms with van der Waals surface area (Å²) < 4.78 is 14.9. The molecular formula is C38H41N11O3S. The van der Waals surface area contributed by atoms with E-state index < -0.39 is 10.8 Å². The number of hydrogen-bond donors (Lipinski definition) is 1. The number of piperazine rings is 1. The van der Waals surface area contributed by atoms with Gasteiger partial charge in [0.05, 0.1) is 21.7 Å². The molecule has 1 N–H and O–H groups in total. The average Bonchev–Trinajstić information content (AvgIpc) is 3.91. The van der Waals surface area contributed by atoms with Crippen LogP contribution in [0.3, 0.4) is 0 Å². The molecule has 8 rings (SSSR count). The Bertz CT molecular complexity index is 2380. The van der Waals surface area contributed by atoms with Gasteiger partial charge in [0.1, 0.15) is 29.0 Å². The summed E-state index contributed by atoms with van der Waals surface area (Å²) in [5.41, 5.74) is 3.04. The van der Waals surface area contributed by atoms with Gasteiger partial charge >= 0.3 is 0 Å². The lowest BCUT2D eigenvalue weighted by Gasteiger charge is -2.34. The van der Waals surface area contributed by atoms with E-state index in [1.54, 1.807) is 21.4 Å². The molecule has 2 saturated carbocycles. The monoisotopic (exact) mass is 731 g/mol. The number of aromatic nitrogens is 6. The van der Waals surface area contributed by atoms with Gasteiger partial charge in [0.15, 0.2) is 0 Å². The van der Waals surface area contributed by atoms with E-state index in [0.29, 0.717) is 28.0 Å². The number of nitrogens with zero attached hydrogens (tertiary/aromatic N) is 10. The Hall–Kier alpha value is -5.51. The summed E-state index contributed by atoms with van der Waals surface area (Å²) in [7, 11) is 0.824. The van der Waals surface area contributed by atoms with Crippen molar-refractivity contribution in [1.82, 2.24) is 34.0 Å². The van der Waals surface area contributed by atoms with Crippen molar-refractivity contribution in [2.24, 2.45) is 0 Å². The smallest absolute Gasteiger partial charge is 0.270 e. The van der Waals surface area contributed by atoms with Gasteiger partial charge in [-0.15, -0.1) is 0 Å². The van der Waals surface area contributed by atoms with Crippen LogP contribution in [0.4, 0.5) is 17.3 Å². The van der Waals surface area contributed by atoms with Gasteiger partial charge in [-0.3, -0.25) is 22.9 Å². The van der Waals surface area contributed by atoms with Crippen LogP contribution in [-0.2, 0) is 10.8 Å². The van der Waals surface area contributed by atoms with Crippen LogP contribution in [-0.4, -0.2) is 77.7 Å². The van der Waals surface area contributed by atoms with Gasteiger partial charge in [0.25, 0.3) is 11.1 Å². The molecule has 5 heterocycles. The number of nitriles is 2. The molecule has 4 aromatic heterocycles. The zero-order valence-corrected chi connectivity index (χ0v) is 30.7. The lowest BCUT2D eigenvalue weighted by molar-refractivity contribution is 0.313. The summed E-state index contributed by atoms with van der Waals surface area (Å²) in [6, 6.07) is 15.4. The molecule has 15 heteroatoms. The molecule has 0 radical (unpaired) electrons. The predicted molar refractivity (Wildman–Crippen MR) is 204 cm³/mol. The van der Waals surface area contributed by atoms with Gasteiger partial charge in [0.2, 0.25) is 11.1 Å². The minimum Gasteiger partial charge on any atom is -0.369 e. The van der Waals surface area contributed by atoms with Crippen LogP contribution in [0.15, 0.2) is 63.5 Å². The summed E-state index contributed by atoms with van der Waals surface area (Å²) in [6.07, 6.45) is 12.7. The molecule has 1 aliphatic heterocycles. The summed E-state index contributed by atoms with van der Waals surface area (Å²) in [6.45, 7) is 4.20. The third-order valence-corrected chi connectivity index (χ3v) is 11.1. The Morgan fingerprint density at radius 1 is 0.792 bits per heavy atom. The highest BCUT2D eigenvalue weighted by atomic mass is 32.2. The van der Waals surface area contributed by atoms with Crippen LogP contribution in [0, 0.1) is 22.7 Å². The topological polar surface area (TPSA) is 179 Å². The van der Waals surface area contributed by atoms with Gasteiger partial charge < -0.3 is 15.1 Å². The number of rotatable bonds is 6. The zero-order valence-electron chi connectivity index (χ0n) is 29.9. The summed E-state index contributed by atoms with van der Waals surface area (Å²) in [5.74, 6) is 0.445. The fourth-order valence-corrected chi connectivity index (χ4v) is 7.98. The van der Waals surface area contributed by atoms with Crippen LogP contribution in [0.25, 0.3) is 22.1 Å². The van der Waals surface area contributed by atoms with E-state index in [1.807, 2.05) is 24.3 Å². The molecule has 53 heavy (non-hydrogen) atoms. The lowest BCUT2D eigenvalue weighted by Crippen LogP contribution is -2.44. The SMILES string of the molecule is CN1CCN(c2ccc(Nc3ncc4cc(C#N)c(=O)n(C5CCCC5)c4n3)cc2)CC1.CS(=O)c1ncc2c(C#N)cc(=O)n(C3CCCC3)c2n1. The van der Waals surface area contributed by atoms with E-state index in [4.69, 9.17) is 0 Å². The van der Waals surface area contributed by atoms with Crippen molar-refractivity contribution in [3.8, 4) is 12.1 Å². The Kier molecular flexibility index (Phi) is 10.6. The first-order chi connectivity index (χ1) is 25.7. The fourth-order valence-electron chi connectivity index (χ4n) is 7.56. The Morgan fingerprint density at radius 2 is 1.43 bits per heavy atom. The second-order valence-corrected chi connectivity index (χ2v) is 15.2. The van der Waals surface area contributed by atoms with Crippen molar-refractivity contribution in [1.29, 1.82) is 10.5 Å². The van der Waals surface area contributed by atoms with Crippen LogP contribution in [0.2, 0.25) is 0 Å². The predicted octanol–water partition coefficient (Wildman–Crippen LogP) is 4.79. The van der Waals surface area contributed by atoms with Crippen molar-refractivity contribution in [3.63, 3.8) is 0 Å². The minimum atomic E-state index is -1.33. The first-order valence-corrected chi connectivity index (χ1v) is 19.6. The molecule has 14 nitrogen and oxygen atoms in total. The normalized spacial score (nSPS) is 17.3. The average molecular weight is 732 g/mol. The number of nitrogens with one attached hydrogen (secondary N) is 1. The highest BCUT2D eigenvalue weighted by molar-refractivity contribution is 7.84. The van der Waals surface area contributed by atoms with E-state index in [2.05, 4.69) is 54.2 Å². The Morgan fingerprint density at radius 3 is 2.06 bits per heavy atom. The van der Waals surface area contributed by atoms with Crippen LogP contribution < -0.4 is 21.3 Å². The van der Waals surface area contributed by atoms with Crippen molar-refractivity contribution < 1.29 is 4.21 Å². The van der Waals surface area contributed by atoms with Crippen molar-refractivity contribution in [2.75, 3.05) is 49.7 Å². The highest BCUT2D eigenvalue weighted by Crippen LogP contribution is 2.32. The third-order valence-electron chi connectivity index (χ3n) is 10.4. The number of pyridine rings is 2. The maximum absolute atomic E-state index is 12.9. The molecule has 0 amide bonds. The lowest BCUT2D eigenvalue weighted by atomic mass is 10.1. The molecule has 0 spiro atoms. The maximum atomic E-state index is 12.9. The maximum Gasteiger partial charge on any atom is 0.270 e. The fraction of sp³-hybridized carbons (Fsp3) is 0.421. The zero-order chi connectivity index (χ0) is 37.1. The second-order valence-electron chi connectivity index (χ2n) is 13.9. The van der Waals surface area contributed by atoms with E-state index in [-0.39, 0.29) is 39.5 Å². The largest absolute Gasteiger partial charge is 0.369 e. The molecule has 1 unspecified atom stereocenters. The van der Waals surface area contributed by atoms with Crippen molar-refractivity contribution in [2.45, 2.75) is 68.6 Å². The molecule has 3 aliphatic rings. The number of anilines is 3. The first kappa shape index (κ1) is 35.9. The third kappa shape index (κ3) is 7.54. The minimum absolute atomic E-state index is 0.0870. The van der Waals surface area contributed by atoms with Crippen LogP contribution >= 0.6 is 0 Å². The van der Waals surface area contributed by atoms with Crippen LogP contribution in [0.1, 0.15) is 74.6 Å². The van der Waals surface area contributed by atoms with Gasteiger partial charge in [-0.05, 0) is 63.1 Å². The van der Waals surface area contributed by atoms with Gasteiger partial charge in [-0.2, -0.15) is 15.5 Å². The van der Waals surface area contributed by atoms with Crippen molar-refractivity contribution >= 4 is 50.2 Å². The quantitative estimate of drug-likeness (QED) is 0.237. The summed E-state index contributed by atoms with van der Waals surface area (Å²) in [4.78, 5) is 47.5. The highest BCUT2D eigenvalue weighted by Gasteiger charge is 2.24. The summed E-state index contributed by atoms with van der Waals surface area (Å²) in [5, 5.41) is 23.3. The molecule has 1 aromatic carbocycles. The van der Waals surface area contributed by atoms with Crippen molar-refractivity contribution in [3.05, 3.63) is 80.6 Å². The van der Waals surface area contributed by atoms with Gasteiger partial charge in [-0.25, -0.2) is 15.0 Å². The molecule has 0 bridgehead atoms. The Balaban J connectivity index is 0.000000179. The van der Waals surface area contributed by atoms with Crippen LogP contribution in [0.5, 0.6) is 0 Å². The number of hydrogen-bond acceptors (Lipinski definition) is 12. The Labute approximate surface area is 309 Å². The number of fused-ring (bicyclic) bond motifs is 2. The second kappa shape index (κ2) is 15.6. The molecule has 1 saturated heterocycles. The molecule has 2 aliphatic carbocycles. The standard InChI is InChI=1S/C24H27N7O.C14H14N4O2S/c1-29-10-12-30(13-11-29)20-8-6-19(7-9-20)27-24-26-16-18-14-17(15-25)23(32)31(22(18)28-24)21-4-2-3-5-21;1-21(20)14-16-8-11-9(7-15)6-12(19)18(13(11)17-14)10-4-2-3-5-10/h6-9,14,16,21H,2-5,10-13H2,1H3,(H,26,27,28);6,8,10H,2-5H2,1H3. The van der Waals surface area contributed by atoms with Gasteiger partial charge in [-0.1, -0.05) is 25.7 Å². The van der Waals surface area contributed by atoms with E-state index in [1.165, 1.54) is 24.2 Å². The molecule has 3 fully saturated rings. The molecule has 272 valence electrons. The van der Waals surface area contributed by atoms with E-state index in [0.717, 1.165) is 83.2 Å². The summed E-state index contributed by atoms with van der Waals surface area (Å²) >= 11 is 0. The first-order valence-electron chi connectivity index (χ1n) is 18.0. The number of benzene rings is 1. The molecule has 5 aromatic rings. The molecular weight excluding hydrogens is 691 g/mol. The van der Waals surface area contributed by atoms with E-state index >= 15 is 0 Å². The van der Waals surface area contributed by atoms with E-state index in [9.17, 15) is 24.3 Å². The number of likely N-dealkylation sites (N-methyl/N-ethyl adjacent to an activating group) is 1. The molecule has 1 atom stereocenters.